The molecule has 0 unspecified atom stereocenters. The van der Waals surface area contributed by atoms with Crippen LogP contribution in [-0.2, 0) is 0 Å². The number of rotatable bonds is 3. The van der Waals surface area contributed by atoms with E-state index in [4.69, 9.17) is 0 Å². The zero-order valence-corrected chi connectivity index (χ0v) is 14.8. The van der Waals surface area contributed by atoms with E-state index in [0.29, 0.717) is 0 Å². The van der Waals surface area contributed by atoms with Gasteiger partial charge in [-0.3, -0.25) is 0 Å². The Kier molecular flexibility index (Phi) is 4.85. The van der Waals surface area contributed by atoms with Gasteiger partial charge in [-0.15, -0.1) is 0 Å². The van der Waals surface area contributed by atoms with Crippen molar-refractivity contribution in [2.24, 2.45) is 0 Å². The zero-order valence-electron chi connectivity index (χ0n) is 11.8. The summed E-state index contributed by atoms with van der Waals surface area (Å²) in [4.78, 5) is 0. The Morgan fingerprint density at radius 3 is 1.79 bits per heavy atom. The van der Waals surface area contributed by atoms with E-state index in [9.17, 15) is 0 Å². The SMILES string of the molecule is C[Si](C1=CC=CC1)(C1=CC=CC1)c1ccccc1.[Na+]. The first-order chi connectivity index (χ1) is 8.82. The van der Waals surface area contributed by atoms with Crippen LogP contribution in [0.1, 0.15) is 12.8 Å². The molecule has 0 aliphatic heterocycles. The summed E-state index contributed by atoms with van der Waals surface area (Å²) >= 11 is 0. The average Bonchev–Trinajstić information content (AvgIpc) is 3.12. The standard InChI is InChI=1S/C17H18Si.Na/c1-18(16-11-5-6-12-16,17-13-7-8-14-17)15-9-3-2-4-10-15;/h2-11,13H,12,14H2,1H3;/q;+1. The van der Waals surface area contributed by atoms with Gasteiger partial charge in [0.25, 0.3) is 0 Å². The van der Waals surface area contributed by atoms with Crippen molar-refractivity contribution in [2.45, 2.75) is 19.4 Å². The van der Waals surface area contributed by atoms with Crippen molar-refractivity contribution >= 4 is 13.3 Å². The molecule has 0 fully saturated rings. The molecule has 1 aromatic rings. The smallest absolute Gasteiger partial charge is 0.0808 e. The Hall–Kier alpha value is -0.603. The molecule has 0 atom stereocenters. The van der Waals surface area contributed by atoms with Gasteiger partial charge >= 0.3 is 29.6 Å². The van der Waals surface area contributed by atoms with Gasteiger partial charge in [0.2, 0.25) is 0 Å². The molecular formula is C17H18NaSi+. The van der Waals surface area contributed by atoms with Gasteiger partial charge in [0.1, 0.15) is 8.07 Å². The van der Waals surface area contributed by atoms with Gasteiger partial charge in [-0.25, -0.2) is 0 Å². The molecule has 0 saturated heterocycles. The van der Waals surface area contributed by atoms with Crippen molar-refractivity contribution < 1.29 is 29.6 Å². The minimum absolute atomic E-state index is 0. The van der Waals surface area contributed by atoms with E-state index in [1.165, 1.54) is 5.19 Å². The summed E-state index contributed by atoms with van der Waals surface area (Å²) in [5, 5.41) is 4.82. The molecule has 1 aromatic carbocycles. The molecule has 0 heterocycles. The van der Waals surface area contributed by atoms with E-state index in [-0.39, 0.29) is 29.6 Å². The Morgan fingerprint density at radius 1 is 0.842 bits per heavy atom. The maximum atomic E-state index is 2.50. The third kappa shape index (κ3) is 2.66. The van der Waals surface area contributed by atoms with Crippen molar-refractivity contribution in [1.82, 2.24) is 0 Å². The van der Waals surface area contributed by atoms with Crippen molar-refractivity contribution in [2.75, 3.05) is 0 Å². The largest absolute Gasteiger partial charge is 1.00 e. The monoisotopic (exact) mass is 273 g/mol. The maximum Gasteiger partial charge on any atom is 1.00 e. The Morgan fingerprint density at radius 2 is 1.37 bits per heavy atom. The van der Waals surface area contributed by atoms with Crippen molar-refractivity contribution in [3.8, 4) is 0 Å². The van der Waals surface area contributed by atoms with Crippen molar-refractivity contribution in [3.63, 3.8) is 0 Å². The molecule has 0 nitrogen and oxygen atoms in total. The summed E-state index contributed by atoms with van der Waals surface area (Å²) in [6.45, 7) is 2.50. The van der Waals surface area contributed by atoms with Gasteiger partial charge in [-0.1, -0.05) is 88.9 Å². The van der Waals surface area contributed by atoms with Crippen LogP contribution in [0, 0.1) is 0 Å². The third-order valence-corrected chi connectivity index (χ3v) is 8.98. The Balaban J connectivity index is 0.00000133. The second-order valence-corrected chi connectivity index (χ2v) is 9.25. The van der Waals surface area contributed by atoms with E-state index in [2.05, 4.69) is 73.3 Å². The molecule has 3 rings (SSSR count). The van der Waals surface area contributed by atoms with Gasteiger partial charge in [-0.05, 0) is 12.8 Å². The fourth-order valence-corrected chi connectivity index (χ4v) is 6.91. The second-order valence-electron chi connectivity index (χ2n) is 5.14. The van der Waals surface area contributed by atoms with Crippen LogP contribution >= 0.6 is 0 Å². The first kappa shape index (κ1) is 14.8. The van der Waals surface area contributed by atoms with Gasteiger partial charge in [0.15, 0.2) is 0 Å². The molecule has 2 aliphatic carbocycles. The van der Waals surface area contributed by atoms with Gasteiger partial charge < -0.3 is 0 Å². The molecule has 0 radical (unpaired) electrons. The molecule has 19 heavy (non-hydrogen) atoms. The number of hydrogen-bond acceptors (Lipinski definition) is 0. The summed E-state index contributed by atoms with van der Waals surface area (Å²) in [5.74, 6) is 0. The normalized spacial score (nSPS) is 17.1. The van der Waals surface area contributed by atoms with Crippen LogP contribution in [0.15, 0.2) is 77.2 Å². The molecular weight excluding hydrogens is 255 g/mol. The summed E-state index contributed by atoms with van der Waals surface area (Å²) in [7, 11) is -1.66. The summed E-state index contributed by atoms with van der Waals surface area (Å²) in [6, 6.07) is 11.1. The van der Waals surface area contributed by atoms with Crippen LogP contribution in [0.25, 0.3) is 0 Å². The van der Waals surface area contributed by atoms with E-state index in [1.54, 1.807) is 10.4 Å². The van der Waals surface area contributed by atoms with Crippen LogP contribution in [-0.4, -0.2) is 8.07 Å². The molecule has 0 bridgehead atoms. The maximum absolute atomic E-state index is 2.50. The Labute approximate surface area is 138 Å². The van der Waals surface area contributed by atoms with Crippen molar-refractivity contribution in [1.29, 1.82) is 0 Å². The van der Waals surface area contributed by atoms with Crippen LogP contribution in [0.3, 0.4) is 0 Å². The minimum Gasteiger partial charge on any atom is -0.0808 e. The van der Waals surface area contributed by atoms with E-state index in [1.807, 2.05) is 0 Å². The number of hydrogen-bond donors (Lipinski definition) is 0. The third-order valence-electron chi connectivity index (χ3n) is 4.18. The molecule has 0 spiro atoms. The van der Waals surface area contributed by atoms with E-state index >= 15 is 0 Å². The van der Waals surface area contributed by atoms with E-state index < -0.39 is 8.07 Å². The average molecular weight is 273 g/mol. The first-order valence-corrected chi connectivity index (χ1v) is 9.09. The van der Waals surface area contributed by atoms with Crippen LogP contribution in [0.5, 0.6) is 0 Å². The Bertz CT molecular complexity index is 534. The van der Waals surface area contributed by atoms with Gasteiger partial charge in [-0.2, -0.15) is 0 Å². The van der Waals surface area contributed by atoms with Crippen molar-refractivity contribution in [3.05, 3.63) is 77.2 Å². The van der Waals surface area contributed by atoms with Crippen LogP contribution < -0.4 is 34.7 Å². The van der Waals surface area contributed by atoms with Crippen LogP contribution in [0.2, 0.25) is 6.55 Å². The zero-order chi connectivity index (χ0) is 12.4. The molecule has 2 heteroatoms. The minimum atomic E-state index is -1.66. The summed E-state index contributed by atoms with van der Waals surface area (Å²) < 4.78 is 0. The predicted octanol–water partition coefficient (Wildman–Crippen LogP) is 0.827. The summed E-state index contributed by atoms with van der Waals surface area (Å²) in [6.07, 6.45) is 16.0. The summed E-state index contributed by atoms with van der Waals surface area (Å²) in [5.41, 5.74) is 0. The molecule has 2 aliphatic rings. The fourth-order valence-electron chi connectivity index (χ4n) is 2.98. The predicted molar refractivity (Wildman–Crippen MR) is 81.4 cm³/mol. The quantitative estimate of drug-likeness (QED) is 0.716. The molecule has 0 amide bonds. The number of benzene rings is 1. The topological polar surface area (TPSA) is 0 Å². The molecule has 0 aromatic heterocycles. The number of allylic oxidation sites excluding steroid dienone is 8. The molecule has 0 saturated carbocycles. The van der Waals surface area contributed by atoms with E-state index in [0.717, 1.165) is 12.8 Å². The van der Waals surface area contributed by atoms with Gasteiger partial charge in [0.05, 0.1) is 0 Å². The van der Waals surface area contributed by atoms with Crippen LogP contribution in [0.4, 0.5) is 0 Å². The molecule has 0 N–H and O–H groups in total. The first-order valence-electron chi connectivity index (χ1n) is 6.59. The molecule has 90 valence electrons. The fraction of sp³-hybridized carbons (Fsp3) is 0.176. The second kappa shape index (κ2) is 6.23. The van der Waals surface area contributed by atoms with Gasteiger partial charge in [0, 0.05) is 0 Å².